The smallest absolute Gasteiger partial charge is 0.272 e. The van der Waals surface area contributed by atoms with E-state index in [1.807, 2.05) is 0 Å². The Bertz CT molecular complexity index is 573. The van der Waals surface area contributed by atoms with Gasteiger partial charge in [0.05, 0.1) is 28.9 Å². The highest BCUT2D eigenvalue weighted by molar-refractivity contribution is 7.91. The molecule has 0 aromatic carbocycles. The summed E-state index contributed by atoms with van der Waals surface area (Å²) in [6.45, 7) is 1.72. The number of hydrogen-bond acceptors (Lipinski definition) is 5. The summed E-state index contributed by atoms with van der Waals surface area (Å²) in [5, 5.41) is 6.61. The number of amides is 1. The summed E-state index contributed by atoms with van der Waals surface area (Å²) in [6, 6.07) is 0. The standard InChI is InChI=1S/C10H16N4O3S/c1-10(3-4-18(16,17)6-10)13-9(15)8-7(11)5-12-14(8)2/h5H,3-4,6,11H2,1-2H3,(H,13,15). The lowest BCUT2D eigenvalue weighted by molar-refractivity contribution is 0.0906. The van der Waals surface area contributed by atoms with Crippen molar-refractivity contribution < 1.29 is 13.2 Å². The molecule has 18 heavy (non-hydrogen) atoms. The topological polar surface area (TPSA) is 107 Å². The largest absolute Gasteiger partial charge is 0.396 e. The molecule has 100 valence electrons. The van der Waals surface area contributed by atoms with Crippen LogP contribution < -0.4 is 11.1 Å². The first-order chi connectivity index (χ1) is 8.22. The van der Waals surface area contributed by atoms with Gasteiger partial charge in [-0.1, -0.05) is 0 Å². The Balaban J connectivity index is 2.19. The SMILES string of the molecule is Cn1ncc(N)c1C(=O)NC1(C)CCS(=O)(=O)C1. The molecule has 1 aliphatic rings. The third-order valence-corrected chi connectivity index (χ3v) is 5.00. The Morgan fingerprint density at radius 3 is 2.72 bits per heavy atom. The van der Waals surface area contributed by atoms with Crippen LogP contribution in [0.1, 0.15) is 23.8 Å². The van der Waals surface area contributed by atoms with Gasteiger partial charge in [0.2, 0.25) is 0 Å². The summed E-state index contributed by atoms with van der Waals surface area (Å²) in [5.74, 6) is -0.333. The zero-order chi connectivity index (χ0) is 13.6. The molecule has 1 amide bonds. The van der Waals surface area contributed by atoms with Gasteiger partial charge in [-0.05, 0) is 13.3 Å². The van der Waals surface area contributed by atoms with E-state index in [9.17, 15) is 13.2 Å². The second-order valence-electron chi connectivity index (χ2n) is 4.93. The van der Waals surface area contributed by atoms with Crippen molar-refractivity contribution in [2.75, 3.05) is 17.2 Å². The fourth-order valence-electron chi connectivity index (χ4n) is 2.17. The van der Waals surface area contributed by atoms with Gasteiger partial charge in [-0.3, -0.25) is 9.48 Å². The van der Waals surface area contributed by atoms with E-state index in [1.54, 1.807) is 14.0 Å². The monoisotopic (exact) mass is 272 g/mol. The highest BCUT2D eigenvalue weighted by Gasteiger charge is 2.40. The van der Waals surface area contributed by atoms with E-state index in [0.29, 0.717) is 6.42 Å². The predicted molar refractivity (Wildman–Crippen MR) is 66.8 cm³/mol. The number of nitrogens with zero attached hydrogens (tertiary/aromatic N) is 2. The minimum absolute atomic E-state index is 0.0382. The van der Waals surface area contributed by atoms with Crippen molar-refractivity contribution in [2.45, 2.75) is 18.9 Å². The molecule has 1 atom stereocenters. The van der Waals surface area contributed by atoms with E-state index in [-0.39, 0.29) is 22.9 Å². The number of sulfone groups is 1. The van der Waals surface area contributed by atoms with E-state index in [4.69, 9.17) is 5.73 Å². The van der Waals surface area contributed by atoms with Crippen molar-refractivity contribution in [1.82, 2.24) is 15.1 Å². The molecule has 1 aromatic rings. The molecule has 8 heteroatoms. The van der Waals surface area contributed by atoms with E-state index >= 15 is 0 Å². The van der Waals surface area contributed by atoms with Crippen molar-refractivity contribution in [3.8, 4) is 0 Å². The number of hydrogen-bond donors (Lipinski definition) is 2. The molecule has 1 aliphatic heterocycles. The number of aromatic nitrogens is 2. The van der Waals surface area contributed by atoms with Crippen LogP contribution in [0, 0.1) is 0 Å². The Hall–Kier alpha value is -1.57. The molecule has 3 N–H and O–H groups in total. The van der Waals surface area contributed by atoms with Gasteiger partial charge < -0.3 is 11.1 Å². The van der Waals surface area contributed by atoms with Crippen molar-refractivity contribution in [1.29, 1.82) is 0 Å². The molecular weight excluding hydrogens is 256 g/mol. The van der Waals surface area contributed by atoms with Crippen LogP contribution in [0.25, 0.3) is 0 Å². The maximum atomic E-state index is 12.1. The number of nitrogen functional groups attached to an aromatic ring is 1. The summed E-state index contributed by atoms with van der Waals surface area (Å²) >= 11 is 0. The van der Waals surface area contributed by atoms with E-state index < -0.39 is 21.3 Å². The highest BCUT2D eigenvalue weighted by Crippen LogP contribution is 2.23. The second-order valence-corrected chi connectivity index (χ2v) is 7.11. The van der Waals surface area contributed by atoms with Crippen LogP contribution in [0.4, 0.5) is 5.69 Å². The minimum atomic E-state index is -3.06. The van der Waals surface area contributed by atoms with E-state index in [0.717, 1.165) is 0 Å². The Morgan fingerprint density at radius 2 is 2.28 bits per heavy atom. The van der Waals surface area contributed by atoms with Gasteiger partial charge in [0, 0.05) is 7.05 Å². The summed E-state index contributed by atoms with van der Waals surface area (Å²) in [5.41, 5.74) is 5.45. The molecule has 1 aromatic heterocycles. The summed E-state index contributed by atoms with van der Waals surface area (Å²) < 4.78 is 24.3. The number of aryl methyl sites for hydroxylation is 1. The van der Waals surface area contributed by atoms with Crippen LogP contribution in [-0.2, 0) is 16.9 Å². The lowest BCUT2D eigenvalue weighted by atomic mass is 10.0. The minimum Gasteiger partial charge on any atom is -0.396 e. The van der Waals surface area contributed by atoms with Crippen LogP contribution >= 0.6 is 0 Å². The maximum absolute atomic E-state index is 12.1. The maximum Gasteiger partial charge on any atom is 0.272 e. The van der Waals surface area contributed by atoms with Crippen molar-refractivity contribution in [3.05, 3.63) is 11.9 Å². The number of nitrogens with one attached hydrogen (secondary N) is 1. The van der Waals surface area contributed by atoms with E-state index in [2.05, 4.69) is 10.4 Å². The van der Waals surface area contributed by atoms with Gasteiger partial charge in [0.1, 0.15) is 5.69 Å². The molecule has 1 fully saturated rings. The predicted octanol–water partition coefficient (Wildman–Crippen LogP) is -0.691. The third-order valence-electron chi connectivity index (χ3n) is 3.10. The summed E-state index contributed by atoms with van der Waals surface area (Å²) in [7, 11) is -1.45. The molecule has 2 heterocycles. The van der Waals surface area contributed by atoms with Crippen molar-refractivity contribution >= 4 is 21.4 Å². The number of nitrogens with two attached hydrogens (primary N) is 1. The first kappa shape index (κ1) is 12.9. The van der Waals surface area contributed by atoms with Crippen LogP contribution in [0.5, 0.6) is 0 Å². The molecule has 0 radical (unpaired) electrons. The van der Waals surface area contributed by atoms with Crippen LogP contribution in [0.3, 0.4) is 0 Å². The van der Waals surface area contributed by atoms with Gasteiger partial charge in [0.15, 0.2) is 9.84 Å². The molecule has 0 bridgehead atoms. The highest BCUT2D eigenvalue weighted by atomic mass is 32.2. The molecule has 1 saturated heterocycles. The van der Waals surface area contributed by atoms with Gasteiger partial charge in [0.25, 0.3) is 5.91 Å². The van der Waals surface area contributed by atoms with Gasteiger partial charge in [-0.2, -0.15) is 5.10 Å². The average Bonchev–Trinajstić information content (AvgIpc) is 2.67. The molecule has 0 aliphatic carbocycles. The summed E-state index contributed by atoms with van der Waals surface area (Å²) in [4.78, 5) is 12.1. The van der Waals surface area contributed by atoms with Gasteiger partial charge in [-0.15, -0.1) is 0 Å². The van der Waals surface area contributed by atoms with Gasteiger partial charge >= 0.3 is 0 Å². The number of anilines is 1. The Morgan fingerprint density at radius 1 is 1.61 bits per heavy atom. The quantitative estimate of drug-likeness (QED) is 0.741. The second kappa shape index (κ2) is 3.98. The number of carbonyl (C=O) groups excluding carboxylic acids is 1. The molecule has 7 nitrogen and oxygen atoms in total. The molecule has 1 unspecified atom stereocenters. The Labute approximate surface area is 105 Å². The van der Waals surface area contributed by atoms with Crippen LogP contribution in [-0.4, -0.2) is 41.2 Å². The molecule has 0 saturated carbocycles. The average molecular weight is 272 g/mol. The molecule has 2 rings (SSSR count). The van der Waals surface area contributed by atoms with Crippen molar-refractivity contribution in [2.24, 2.45) is 7.05 Å². The fraction of sp³-hybridized carbons (Fsp3) is 0.600. The normalized spacial score (nSPS) is 26.1. The molecule has 0 spiro atoms. The van der Waals surface area contributed by atoms with Crippen LogP contribution in [0.2, 0.25) is 0 Å². The Kier molecular flexibility index (Phi) is 2.84. The van der Waals surface area contributed by atoms with E-state index in [1.165, 1.54) is 10.9 Å². The summed E-state index contributed by atoms with van der Waals surface area (Å²) in [6.07, 6.45) is 1.81. The third kappa shape index (κ3) is 2.33. The first-order valence-corrected chi connectivity index (χ1v) is 7.35. The lowest BCUT2D eigenvalue weighted by Gasteiger charge is -2.23. The fourth-order valence-corrected chi connectivity index (χ4v) is 4.27. The zero-order valence-corrected chi connectivity index (χ0v) is 11.1. The number of rotatable bonds is 2. The van der Waals surface area contributed by atoms with Crippen molar-refractivity contribution in [3.63, 3.8) is 0 Å². The zero-order valence-electron chi connectivity index (χ0n) is 10.3. The lowest BCUT2D eigenvalue weighted by Crippen LogP contribution is -2.47. The van der Waals surface area contributed by atoms with Crippen LogP contribution in [0.15, 0.2) is 6.20 Å². The first-order valence-electron chi connectivity index (χ1n) is 5.53. The molecular formula is C10H16N4O3S. The number of carbonyl (C=O) groups is 1. The van der Waals surface area contributed by atoms with Gasteiger partial charge in [-0.25, -0.2) is 8.42 Å².